The van der Waals surface area contributed by atoms with Crippen LogP contribution < -0.4 is 28.4 Å². The summed E-state index contributed by atoms with van der Waals surface area (Å²) in [6.07, 6.45) is 2.22. The Hall–Kier alpha value is -1.88. The maximum Gasteiger partial charge on any atom is 0.286 e. The van der Waals surface area contributed by atoms with Crippen molar-refractivity contribution in [2.75, 3.05) is 0 Å². The average molecular weight is 386 g/mol. The van der Waals surface area contributed by atoms with Crippen molar-refractivity contribution >= 4 is 16.6 Å². The summed E-state index contributed by atoms with van der Waals surface area (Å²) in [5.41, 5.74) is 4.90. The van der Waals surface area contributed by atoms with Crippen LogP contribution in [0.1, 0.15) is 0 Å². The first-order chi connectivity index (χ1) is 9.84. The molecule has 0 fully saturated rings. The van der Waals surface area contributed by atoms with Crippen LogP contribution in [-0.4, -0.2) is 4.57 Å². The second kappa shape index (κ2) is 5.48. The van der Waals surface area contributed by atoms with Crippen LogP contribution in [0.4, 0.5) is 0 Å². The van der Waals surface area contributed by atoms with E-state index in [9.17, 15) is 0 Å². The number of para-hydroxylation sites is 1. The number of hydrogen-bond donors (Lipinski definition) is 0. The first kappa shape index (κ1) is 14.1. The molecule has 4 rings (SSSR count). The van der Waals surface area contributed by atoms with Crippen LogP contribution >= 0.6 is 0 Å². The van der Waals surface area contributed by atoms with Crippen LogP contribution in [0.5, 0.6) is 0 Å². The Bertz CT molecular complexity index is 910. The van der Waals surface area contributed by atoms with E-state index in [0.29, 0.717) is 0 Å². The fourth-order valence-corrected chi connectivity index (χ4v) is 2.83. The topological polar surface area (TPSA) is 9.03 Å². The van der Waals surface area contributed by atoms with Gasteiger partial charge in [-0.25, -0.2) is 4.57 Å². The second-order valence-electron chi connectivity index (χ2n) is 5.06. The molecule has 0 amide bonds. The number of aryl methyl sites for hydroxylation is 1. The standard InChI is InChI=1S/C18H15N2.HI/c1-19-17(14-7-3-2-4-8-14)13-20-16-10-6-5-9-15(16)11-12-18(19)20;/h2-13H,1H3;1H/q+1;/p-1. The van der Waals surface area contributed by atoms with Gasteiger partial charge in [0.25, 0.3) is 5.65 Å². The summed E-state index contributed by atoms with van der Waals surface area (Å²) in [7, 11) is 2.12. The number of imidazole rings is 1. The van der Waals surface area contributed by atoms with Crippen molar-refractivity contribution in [3.8, 4) is 11.3 Å². The molecular formula is C18H15IN2. The highest BCUT2D eigenvalue weighted by atomic mass is 127. The molecule has 0 radical (unpaired) electrons. The lowest BCUT2D eigenvalue weighted by atomic mass is 10.2. The molecule has 3 heteroatoms. The van der Waals surface area contributed by atoms with Crippen molar-refractivity contribution in [1.82, 2.24) is 4.57 Å². The molecule has 2 aromatic carbocycles. The zero-order chi connectivity index (χ0) is 13.5. The maximum atomic E-state index is 2.26. The smallest absolute Gasteiger partial charge is 0.286 e. The van der Waals surface area contributed by atoms with E-state index in [0.717, 1.165) is 0 Å². The Morgan fingerprint density at radius 1 is 0.810 bits per heavy atom. The van der Waals surface area contributed by atoms with Gasteiger partial charge in [0.1, 0.15) is 11.7 Å². The molecule has 2 heterocycles. The average Bonchev–Trinajstić information content (AvgIpc) is 2.86. The van der Waals surface area contributed by atoms with Crippen molar-refractivity contribution in [3.05, 3.63) is 72.9 Å². The Morgan fingerprint density at radius 3 is 2.33 bits per heavy atom. The number of fused-ring (bicyclic) bond motifs is 3. The molecular weight excluding hydrogens is 371 g/mol. The first-order valence-corrected chi connectivity index (χ1v) is 6.79. The Kier molecular flexibility index (Phi) is 3.68. The van der Waals surface area contributed by atoms with Gasteiger partial charge in [0.2, 0.25) is 0 Å². The fraction of sp³-hybridized carbons (Fsp3) is 0.0556. The molecule has 0 unspecified atom stereocenters. The molecule has 0 aliphatic heterocycles. The van der Waals surface area contributed by atoms with Gasteiger partial charge in [-0.2, -0.15) is 4.40 Å². The number of nitrogens with zero attached hydrogens (tertiary/aromatic N) is 2. The predicted molar refractivity (Wildman–Crippen MR) is 81.5 cm³/mol. The van der Waals surface area contributed by atoms with Gasteiger partial charge in [-0.1, -0.05) is 48.5 Å². The summed E-state index contributed by atoms with van der Waals surface area (Å²) in [6, 6.07) is 23.3. The van der Waals surface area contributed by atoms with Crippen molar-refractivity contribution in [1.29, 1.82) is 0 Å². The predicted octanol–water partition coefficient (Wildman–Crippen LogP) is 0.588. The van der Waals surface area contributed by atoms with Crippen LogP contribution in [0, 0.1) is 0 Å². The number of aromatic nitrogens is 2. The molecule has 0 aliphatic rings. The molecule has 0 aliphatic carbocycles. The van der Waals surface area contributed by atoms with Gasteiger partial charge in [-0.15, -0.1) is 0 Å². The van der Waals surface area contributed by atoms with Crippen molar-refractivity contribution in [2.24, 2.45) is 7.05 Å². The van der Waals surface area contributed by atoms with Crippen LogP contribution in [0.2, 0.25) is 0 Å². The third-order valence-corrected chi connectivity index (χ3v) is 3.88. The fourth-order valence-electron chi connectivity index (χ4n) is 2.83. The van der Waals surface area contributed by atoms with E-state index in [-0.39, 0.29) is 24.0 Å². The molecule has 4 aromatic rings. The van der Waals surface area contributed by atoms with Gasteiger partial charge in [-0.05, 0) is 12.1 Å². The Labute approximate surface area is 140 Å². The van der Waals surface area contributed by atoms with Gasteiger partial charge < -0.3 is 24.0 Å². The van der Waals surface area contributed by atoms with Crippen LogP contribution in [-0.2, 0) is 7.05 Å². The van der Waals surface area contributed by atoms with E-state index in [1.54, 1.807) is 0 Å². The lowest BCUT2D eigenvalue weighted by molar-refractivity contribution is -0.479. The van der Waals surface area contributed by atoms with Gasteiger partial charge >= 0.3 is 0 Å². The molecule has 21 heavy (non-hydrogen) atoms. The van der Waals surface area contributed by atoms with Gasteiger partial charge in [0.15, 0.2) is 5.69 Å². The summed E-state index contributed by atoms with van der Waals surface area (Å²) in [4.78, 5) is 0. The number of rotatable bonds is 1. The minimum Gasteiger partial charge on any atom is -1.00 e. The van der Waals surface area contributed by atoms with E-state index in [2.05, 4.69) is 88.9 Å². The lowest BCUT2D eigenvalue weighted by Crippen LogP contribution is -3.00. The zero-order valence-corrected chi connectivity index (χ0v) is 13.9. The number of pyridine rings is 1. The zero-order valence-electron chi connectivity index (χ0n) is 11.7. The van der Waals surface area contributed by atoms with Crippen LogP contribution in [0.3, 0.4) is 0 Å². The summed E-state index contributed by atoms with van der Waals surface area (Å²) in [6.45, 7) is 0. The van der Waals surface area contributed by atoms with E-state index < -0.39 is 0 Å². The second-order valence-corrected chi connectivity index (χ2v) is 5.06. The Morgan fingerprint density at radius 2 is 1.52 bits per heavy atom. The minimum atomic E-state index is 0. The third kappa shape index (κ3) is 2.21. The molecule has 0 saturated carbocycles. The summed E-state index contributed by atoms with van der Waals surface area (Å²) >= 11 is 0. The normalized spacial score (nSPS) is 10.7. The summed E-state index contributed by atoms with van der Waals surface area (Å²) < 4.78 is 4.50. The third-order valence-electron chi connectivity index (χ3n) is 3.88. The SMILES string of the molecule is Cn1c(-c2ccccc2)c[n+]2c3ccccc3ccc12.[I-]. The number of hydrogen-bond acceptors (Lipinski definition) is 0. The quantitative estimate of drug-likeness (QED) is 0.335. The van der Waals surface area contributed by atoms with Crippen LogP contribution in [0.25, 0.3) is 27.8 Å². The first-order valence-electron chi connectivity index (χ1n) is 6.79. The molecule has 104 valence electrons. The molecule has 0 bridgehead atoms. The van der Waals surface area contributed by atoms with Crippen molar-refractivity contribution < 1.29 is 28.4 Å². The summed E-state index contributed by atoms with van der Waals surface area (Å²) in [5, 5.41) is 1.26. The number of halogens is 1. The van der Waals surface area contributed by atoms with E-state index in [4.69, 9.17) is 0 Å². The van der Waals surface area contributed by atoms with E-state index in [1.807, 2.05) is 0 Å². The van der Waals surface area contributed by atoms with E-state index >= 15 is 0 Å². The van der Waals surface area contributed by atoms with Gasteiger partial charge in [-0.3, -0.25) is 0 Å². The van der Waals surface area contributed by atoms with Crippen LogP contribution in [0.15, 0.2) is 72.9 Å². The molecule has 2 aromatic heterocycles. The highest BCUT2D eigenvalue weighted by Gasteiger charge is 2.17. The molecule has 0 spiro atoms. The molecule has 0 saturated heterocycles. The van der Waals surface area contributed by atoms with Gasteiger partial charge in [0.05, 0.1) is 7.05 Å². The molecule has 0 N–H and O–H groups in total. The molecule has 0 atom stereocenters. The van der Waals surface area contributed by atoms with E-state index in [1.165, 1.54) is 27.8 Å². The minimum absolute atomic E-state index is 0. The monoisotopic (exact) mass is 386 g/mol. The number of benzene rings is 2. The summed E-state index contributed by atoms with van der Waals surface area (Å²) in [5.74, 6) is 0. The molecule has 2 nitrogen and oxygen atoms in total. The Balaban J connectivity index is 0.00000132. The van der Waals surface area contributed by atoms with Gasteiger partial charge in [0, 0.05) is 17.0 Å². The van der Waals surface area contributed by atoms with Crippen molar-refractivity contribution in [3.63, 3.8) is 0 Å². The largest absolute Gasteiger partial charge is 1.00 e. The highest BCUT2D eigenvalue weighted by molar-refractivity contribution is 5.77. The van der Waals surface area contributed by atoms with Crippen molar-refractivity contribution in [2.45, 2.75) is 0 Å². The lowest BCUT2D eigenvalue weighted by Gasteiger charge is -1.96. The highest BCUT2D eigenvalue weighted by Crippen LogP contribution is 2.21. The maximum absolute atomic E-state index is 2.26.